The van der Waals surface area contributed by atoms with Gasteiger partial charge in [-0.3, -0.25) is 0 Å². The van der Waals surface area contributed by atoms with E-state index in [0.717, 1.165) is 4.88 Å². The Kier molecular flexibility index (Phi) is 4.04. The van der Waals surface area contributed by atoms with Crippen molar-refractivity contribution in [2.45, 2.75) is 33.6 Å². The summed E-state index contributed by atoms with van der Waals surface area (Å²) in [4.78, 5) is 18.4. The molecule has 5 heteroatoms. The van der Waals surface area contributed by atoms with E-state index in [0.29, 0.717) is 18.2 Å². The van der Waals surface area contributed by atoms with Gasteiger partial charge in [-0.15, -0.1) is 11.3 Å². The Morgan fingerprint density at radius 3 is 2.74 bits per heavy atom. The van der Waals surface area contributed by atoms with Gasteiger partial charge in [0.25, 0.3) is 0 Å². The van der Waals surface area contributed by atoms with E-state index in [1.54, 1.807) is 18.3 Å². The number of hydrogen-bond acceptors (Lipinski definition) is 5. The molecule has 0 atom stereocenters. The number of ether oxygens (including phenoxy) is 1. The van der Waals surface area contributed by atoms with E-state index in [1.165, 1.54) is 4.88 Å². The highest BCUT2D eigenvalue weighted by Crippen LogP contribution is 2.31. The Balaban J connectivity index is 2.43. The van der Waals surface area contributed by atoms with Crippen molar-refractivity contribution in [1.82, 2.24) is 4.98 Å². The Morgan fingerprint density at radius 1 is 1.47 bits per heavy atom. The van der Waals surface area contributed by atoms with Gasteiger partial charge in [0.1, 0.15) is 0 Å². The molecule has 0 bridgehead atoms. The van der Waals surface area contributed by atoms with Gasteiger partial charge in [0.2, 0.25) is 11.7 Å². The molecule has 0 aromatic carbocycles. The van der Waals surface area contributed by atoms with Crippen LogP contribution in [0.25, 0.3) is 10.8 Å². The van der Waals surface area contributed by atoms with E-state index in [-0.39, 0.29) is 11.7 Å². The smallest absolute Gasteiger partial charge is 0.376 e. The fourth-order valence-electron chi connectivity index (χ4n) is 1.72. The highest BCUT2D eigenvalue weighted by atomic mass is 32.1. The number of carbonyl (C=O) groups excluding carboxylic acids is 1. The minimum Gasteiger partial charge on any atom is -0.460 e. The largest absolute Gasteiger partial charge is 0.460 e. The molecule has 0 N–H and O–H groups in total. The summed E-state index contributed by atoms with van der Waals surface area (Å²) < 4.78 is 10.6. The summed E-state index contributed by atoms with van der Waals surface area (Å²) in [5.74, 6) is 0.374. The lowest BCUT2D eigenvalue weighted by Gasteiger charge is -2.02. The van der Waals surface area contributed by atoms with Crippen LogP contribution in [0.5, 0.6) is 0 Å². The molecule has 0 aliphatic carbocycles. The fraction of sp³-hybridized carbons (Fsp3) is 0.429. The molecule has 0 amide bonds. The van der Waals surface area contributed by atoms with Gasteiger partial charge in [-0.2, -0.15) is 0 Å². The van der Waals surface area contributed by atoms with Crippen LogP contribution in [0.3, 0.4) is 0 Å². The van der Waals surface area contributed by atoms with Crippen molar-refractivity contribution < 1.29 is 13.9 Å². The number of aromatic nitrogens is 1. The summed E-state index contributed by atoms with van der Waals surface area (Å²) in [5.41, 5.74) is 0.652. The highest BCUT2D eigenvalue weighted by molar-refractivity contribution is 7.15. The van der Waals surface area contributed by atoms with Crippen LogP contribution in [0.15, 0.2) is 16.5 Å². The second-order valence-corrected chi connectivity index (χ2v) is 5.81. The van der Waals surface area contributed by atoms with Crippen LogP contribution in [0.1, 0.15) is 47.8 Å². The van der Waals surface area contributed by atoms with Crippen LogP contribution in [-0.2, 0) is 4.74 Å². The average molecular weight is 279 g/mol. The third-order valence-corrected chi connectivity index (χ3v) is 3.60. The molecule has 2 aromatic rings. The third-order valence-electron chi connectivity index (χ3n) is 2.61. The zero-order valence-electron chi connectivity index (χ0n) is 11.5. The predicted octanol–water partition coefficient (Wildman–Crippen LogP) is 4.01. The molecule has 4 nitrogen and oxygen atoms in total. The third kappa shape index (κ3) is 2.87. The molecule has 0 fully saturated rings. The van der Waals surface area contributed by atoms with Gasteiger partial charge >= 0.3 is 5.97 Å². The van der Waals surface area contributed by atoms with E-state index >= 15 is 0 Å². The summed E-state index contributed by atoms with van der Waals surface area (Å²) in [7, 11) is 0. The molecule has 0 aliphatic rings. The first-order chi connectivity index (χ1) is 9.02. The molecule has 19 heavy (non-hydrogen) atoms. The molecule has 0 radical (unpaired) electrons. The monoisotopic (exact) mass is 279 g/mol. The summed E-state index contributed by atoms with van der Waals surface area (Å²) in [6, 6.07) is 3.95. The summed E-state index contributed by atoms with van der Waals surface area (Å²) in [5, 5.41) is 0. The van der Waals surface area contributed by atoms with Gasteiger partial charge < -0.3 is 9.15 Å². The molecular weight excluding hydrogens is 262 g/mol. The molecule has 102 valence electrons. The molecule has 2 heterocycles. The number of aryl methyl sites for hydroxylation is 1. The Morgan fingerprint density at radius 2 is 2.21 bits per heavy atom. The minimum atomic E-state index is -0.446. The van der Waals surface area contributed by atoms with Crippen LogP contribution < -0.4 is 0 Å². The zero-order valence-corrected chi connectivity index (χ0v) is 12.3. The van der Waals surface area contributed by atoms with Crippen molar-refractivity contribution in [2.24, 2.45) is 0 Å². The SMILES string of the molecule is CCOC(=O)c1oc(-c2ccc(C)s2)nc1C(C)C. The standard InChI is InChI=1S/C14H17NO3S/c1-5-17-14(16)12-11(8(2)3)15-13(18-12)10-7-6-9(4)19-10/h6-8H,5H2,1-4H3. The lowest BCUT2D eigenvalue weighted by Crippen LogP contribution is -2.07. The molecule has 0 spiro atoms. The van der Waals surface area contributed by atoms with Crippen molar-refractivity contribution in [1.29, 1.82) is 0 Å². The molecule has 2 rings (SSSR count). The second-order valence-electron chi connectivity index (χ2n) is 4.52. The Bertz CT molecular complexity index is 583. The normalized spacial score (nSPS) is 11.0. The highest BCUT2D eigenvalue weighted by Gasteiger charge is 2.24. The molecule has 0 saturated heterocycles. The van der Waals surface area contributed by atoms with E-state index in [9.17, 15) is 4.79 Å². The van der Waals surface area contributed by atoms with Crippen molar-refractivity contribution in [3.8, 4) is 10.8 Å². The second kappa shape index (κ2) is 5.57. The maximum atomic E-state index is 11.9. The quantitative estimate of drug-likeness (QED) is 0.793. The van der Waals surface area contributed by atoms with E-state index in [4.69, 9.17) is 9.15 Å². The average Bonchev–Trinajstić information content (AvgIpc) is 2.94. The van der Waals surface area contributed by atoms with Crippen LogP contribution >= 0.6 is 11.3 Å². The lowest BCUT2D eigenvalue weighted by molar-refractivity contribution is 0.0489. The van der Waals surface area contributed by atoms with Crippen LogP contribution in [0.2, 0.25) is 0 Å². The first-order valence-corrected chi connectivity index (χ1v) is 7.09. The summed E-state index contributed by atoms with van der Waals surface area (Å²) >= 11 is 1.59. The molecule has 0 unspecified atom stereocenters. The number of esters is 1. The van der Waals surface area contributed by atoms with Gasteiger partial charge in [0, 0.05) is 4.88 Å². The first kappa shape index (κ1) is 13.8. The zero-order chi connectivity index (χ0) is 14.0. The topological polar surface area (TPSA) is 52.3 Å². The van der Waals surface area contributed by atoms with Gasteiger partial charge in [-0.25, -0.2) is 9.78 Å². The van der Waals surface area contributed by atoms with Gasteiger partial charge in [-0.05, 0) is 31.9 Å². The van der Waals surface area contributed by atoms with E-state index in [2.05, 4.69) is 4.98 Å². The predicted molar refractivity (Wildman–Crippen MR) is 74.6 cm³/mol. The lowest BCUT2D eigenvalue weighted by atomic mass is 10.1. The Hall–Kier alpha value is -1.62. The number of thiophene rings is 1. The number of rotatable bonds is 4. The molecule has 0 saturated carbocycles. The van der Waals surface area contributed by atoms with Crippen molar-refractivity contribution >= 4 is 17.3 Å². The molecular formula is C14H17NO3S. The van der Waals surface area contributed by atoms with Crippen LogP contribution in [-0.4, -0.2) is 17.6 Å². The fourth-order valence-corrected chi connectivity index (χ4v) is 2.51. The molecule has 2 aromatic heterocycles. The van der Waals surface area contributed by atoms with Crippen LogP contribution in [0, 0.1) is 6.92 Å². The van der Waals surface area contributed by atoms with Gasteiger partial charge in [0.15, 0.2) is 0 Å². The number of hydrogen-bond donors (Lipinski definition) is 0. The number of nitrogens with zero attached hydrogens (tertiary/aromatic N) is 1. The van der Waals surface area contributed by atoms with E-state index < -0.39 is 5.97 Å². The Labute approximate surface area is 116 Å². The van der Waals surface area contributed by atoms with Crippen molar-refractivity contribution in [3.05, 3.63) is 28.5 Å². The summed E-state index contributed by atoms with van der Waals surface area (Å²) in [6.45, 7) is 8.07. The van der Waals surface area contributed by atoms with Crippen molar-refractivity contribution in [3.63, 3.8) is 0 Å². The summed E-state index contributed by atoms with van der Waals surface area (Å²) in [6.07, 6.45) is 0. The maximum absolute atomic E-state index is 11.9. The number of carbonyl (C=O) groups is 1. The van der Waals surface area contributed by atoms with E-state index in [1.807, 2.05) is 32.9 Å². The minimum absolute atomic E-state index is 0.109. The van der Waals surface area contributed by atoms with Gasteiger partial charge in [0.05, 0.1) is 17.2 Å². The van der Waals surface area contributed by atoms with Crippen molar-refractivity contribution in [2.75, 3.05) is 6.61 Å². The number of oxazole rings is 1. The van der Waals surface area contributed by atoms with Crippen LogP contribution in [0.4, 0.5) is 0 Å². The molecule has 0 aliphatic heterocycles. The first-order valence-electron chi connectivity index (χ1n) is 6.27. The maximum Gasteiger partial charge on any atom is 0.376 e. The van der Waals surface area contributed by atoms with Gasteiger partial charge in [-0.1, -0.05) is 13.8 Å².